The van der Waals surface area contributed by atoms with Crippen LogP contribution in [0.25, 0.3) is 0 Å². The van der Waals surface area contributed by atoms with Crippen molar-refractivity contribution >= 4 is 5.91 Å². The molecule has 126 valence electrons. The zero-order chi connectivity index (χ0) is 17.3. The normalized spacial score (nSPS) is 11.0. The van der Waals surface area contributed by atoms with Crippen molar-refractivity contribution in [2.45, 2.75) is 19.5 Å². The number of benzene rings is 2. The Hall–Kier alpha value is -2.39. The van der Waals surface area contributed by atoms with Gasteiger partial charge in [-0.1, -0.05) is 67.2 Å². The van der Waals surface area contributed by atoms with Crippen molar-refractivity contribution in [3.05, 3.63) is 84.4 Å². The summed E-state index contributed by atoms with van der Waals surface area (Å²) in [6.45, 7) is 7.12. The van der Waals surface area contributed by atoms with Gasteiger partial charge in [-0.15, -0.1) is 0 Å². The summed E-state index contributed by atoms with van der Waals surface area (Å²) >= 11 is 0. The van der Waals surface area contributed by atoms with Gasteiger partial charge in [0.05, 0.1) is 13.6 Å². The molecule has 0 fully saturated rings. The van der Waals surface area contributed by atoms with Crippen LogP contribution in [0.4, 0.5) is 0 Å². The number of hydrogen-bond acceptors (Lipinski definition) is 1. The van der Waals surface area contributed by atoms with Crippen molar-refractivity contribution in [3.8, 4) is 0 Å². The second-order valence-electron chi connectivity index (χ2n) is 6.48. The minimum Gasteiger partial charge on any atom is -0.352 e. The number of carbonyl (C=O) groups is 1. The van der Waals surface area contributed by atoms with Gasteiger partial charge in [-0.3, -0.25) is 4.79 Å². The minimum absolute atomic E-state index is 0.102. The Bertz CT molecular complexity index is 596. The SMILES string of the molecule is C=CC(=O)NCCC[N+](C)(Cc1ccccc1)Cc1ccccc1. The van der Waals surface area contributed by atoms with Gasteiger partial charge in [-0.25, -0.2) is 0 Å². The van der Waals surface area contributed by atoms with Crippen LogP contribution >= 0.6 is 0 Å². The molecule has 1 amide bonds. The Morgan fingerprint density at radius 1 is 1.00 bits per heavy atom. The lowest BCUT2D eigenvalue weighted by molar-refractivity contribution is -0.935. The fraction of sp³-hybridized carbons (Fsp3) is 0.286. The van der Waals surface area contributed by atoms with Crippen LogP contribution in [0.15, 0.2) is 73.3 Å². The first-order valence-corrected chi connectivity index (χ1v) is 8.43. The Morgan fingerprint density at radius 3 is 1.96 bits per heavy atom. The second kappa shape index (κ2) is 9.04. The van der Waals surface area contributed by atoms with Crippen molar-refractivity contribution in [1.29, 1.82) is 0 Å². The van der Waals surface area contributed by atoms with Gasteiger partial charge in [-0.05, 0) is 6.08 Å². The van der Waals surface area contributed by atoms with E-state index in [9.17, 15) is 4.79 Å². The summed E-state index contributed by atoms with van der Waals surface area (Å²) in [6, 6.07) is 21.2. The molecule has 0 aromatic heterocycles. The Kier molecular flexibility index (Phi) is 6.76. The molecular formula is C21H27N2O+. The zero-order valence-electron chi connectivity index (χ0n) is 14.4. The van der Waals surface area contributed by atoms with Crippen LogP contribution in [-0.4, -0.2) is 30.5 Å². The molecule has 24 heavy (non-hydrogen) atoms. The highest BCUT2D eigenvalue weighted by atomic mass is 16.1. The molecule has 0 aliphatic heterocycles. The average Bonchev–Trinajstić information content (AvgIpc) is 2.60. The predicted molar refractivity (Wildman–Crippen MR) is 99.2 cm³/mol. The molecule has 2 rings (SSSR count). The maximum Gasteiger partial charge on any atom is 0.243 e. The number of amides is 1. The van der Waals surface area contributed by atoms with Gasteiger partial charge in [0.25, 0.3) is 0 Å². The molecule has 0 unspecified atom stereocenters. The van der Waals surface area contributed by atoms with Crippen LogP contribution in [0.1, 0.15) is 17.5 Å². The van der Waals surface area contributed by atoms with E-state index in [-0.39, 0.29) is 5.91 Å². The molecule has 2 aromatic rings. The summed E-state index contributed by atoms with van der Waals surface area (Å²) < 4.78 is 0.915. The number of hydrogen-bond donors (Lipinski definition) is 1. The van der Waals surface area contributed by atoms with Crippen molar-refractivity contribution in [1.82, 2.24) is 5.32 Å². The standard InChI is InChI=1S/C21H26N2O/c1-3-21(24)22-15-10-16-23(2,17-19-11-6-4-7-12-19)18-20-13-8-5-9-14-20/h3-9,11-14H,1,10,15-18H2,2H3/p+1. The van der Waals surface area contributed by atoms with Gasteiger partial charge in [0.1, 0.15) is 13.1 Å². The van der Waals surface area contributed by atoms with Gasteiger partial charge in [0.15, 0.2) is 0 Å². The molecule has 3 nitrogen and oxygen atoms in total. The Labute approximate surface area is 145 Å². The van der Waals surface area contributed by atoms with Gasteiger partial charge in [0.2, 0.25) is 5.91 Å². The highest BCUT2D eigenvalue weighted by Gasteiger charge is 2.22. The lowest BCUT2D eigenvalue weighted by Gasteiger charge is -2.35. The first-order valence-electron chi connectivity index (χ1n) is 8.43. The van der Waals surface area contributed by atoms with E-state index in [4.69, 9.17) is 0 Å². The van der Waals surface area contributed by atoms with E-state index >= 15 is 0 Å². The van der Waals surface area contributed by atoms with Gasteiger partial charge in [0, 0.05) is 24.1 Å². The van der Waals surface area contributed by atoms with E-state index < -0.39 is 0 Å². The first-order chi connectivity index (χ1) is 11.6. The lowest BCUT2D eigenvalue weighted by Crippen LogP contribution is -2.44. The fourth-order valence-corrected chi connectivity index (χ4v) is 3.01. The number of carbonyl (C=O) groups excluding carboxylic acids is 1. The Balaban J connectivity index is 2.02. The zero-order valence-corrected chi connectivity index (χ0v) is 14.4. The van der Waals surface area contributed by atoms with Gasteiger partial charge >= 0.3 is 0 Å². The molecule has 0 aliphatic rings. The smallest absolute Gasteiger partial charge is 0.243 e. The summed E-state index contributed by atoms with van der Waals surface area (Å²) in [5.41, 5.74) is 2.68. The molecule has 0 atom stereocenters. The van der Waals surface area contributed by atoms with Crippen LogP contribution in [0, 0.1) is 0 Å². The third kappa shape index (κ3) is 6.01. The Morgan fingerprint density at radius 2 is 1.50 bits per heavy atom. The number of rotatable bonds is 9. The van der Waals surface area contributed by atoms with Crippen molar-refractivity contribution in [2.75, 3.05) is 20.1 Å². The number of quaternary nitrogens is 1. The molecule has 0 aliphatic carbocycles. The van der Waals surface area contributed by atoms with Crippen molar-refractivity contribution < 1.29 is 9.28 Å². The molecule has 2 aromatic carbocycles. The molecule has 3 heteroatoms. The summed E-state index contributed by atoms with van der Waals surface area (Å²) in [7, 11) is 2.29. The number of nitrogens with zero attached hydrogens (tertiary/aromatic N) is 1. The maximum absolute atomic E-state index is 11.3. The highest BCUT2D eigenvalue weighted by molar-refractivity contribution is 5.86. The van der Waals surface area contributed by atoms with Gasteiger partial charge < -0.3 is 9.80 Å². The van der Waals surface area contributed by atoms with Crippen LogP contribution in [0.2, 0.25) is 0 Å². The summed E-state index contributed by atoms with van der Waals surface area (Å²) in [5.74, 6) is -0.102. The fourth-order valence-electron chi connectivity index (χ4n) is 3.01. The van der Waals surface area contributed by atoms with Crippen LogP contribution in [0.3, 0.4) is 0 Å². The molecule has 0 heterocycles. The van der Waals surface area contributed by atoms with E-state index in [1.165, 1.54) is 17.2 Å². The highest BCUT2D eigenvalue weighted by Crippen LogP contribution is 2.18. The monoisotopic (exact) mass is 323 g/mol. The second-order valence-corrected chi connectivity index (χ2v) is 6.48. The van der Waals surface area contributed by atoms with Crippen LogP contribution in [0.5, 0.6) is 0 Å². The summed E-state index contributed by atoms with van der Waals surface area (Å²) in [6.07, 6.45) is 2.26. The topological polar surface area (TPSA) is 29.1 Å². The van der Waals surface area contributed by atoms with E-state index in [0.717, 1.165) is 30.5 Å². The predicted octanol–water partition coefficient (Wildman–Crippen LogP) is 3.53. The maximum atomic E-state index is 11.3. The van der Waals surface area contributed by atoms with Crippen molar-refractivity contribution in [2.24, 2.45) is 0 Å². The quantitative estimate of drug-likeness (QED) is 0.427. The van der Waals surface area contributed by atoms with Crippen molar-refractivity contribution in [3.63, 3.8) is 0 Å². The summed E-state index contributed by atoms with van der Waals surface area (Å²) in [5, 5.41) is 2.87. The molecule has 0 bridgehead atoms. The van der Waals surface area contributed by atoms with E-state index in [0.29, 0.717) is 6.54 Å². The first kappa shape index (κ1) is 18.0. The summed E-state index contributed by atoms with van der Waals surface area (Å²) in [4.78, 5) is 11.3. The van der Waals surface area contributed by atoms with Crippen LogP contribution in [-0.2, 0) is 17.9 Å². The molecule has 0 spiro atoms. The van der Waals surface area contributed by atoms with E-state index in [2.05, 4.69) is 79.6 Å². The molecule has 1 N–H and O–H groups in total. The lowest BCUT2D eigenvalue weighted by atomic mass is 10.1. The van der Waals surface area contributed by atoms with Gasteiger partial charge in [-0.2, -0.15) is 0 Å². The third-order valence-corrected chi connectivity index (χ3v) is 4.17. The molecular weight excluding hydrogens is 296 g/mol. The molecule has 0 saturated heterocycles. The van der Waals surface area contributed by atoms with E-state index in [1.807, 2.05) is 0 Å². The molecule has 0 radical (unpaired) electrons. The largest absolute Gasteiger partial charge is 0.352 e. The third-order valence-electron chi connectivity index (χ3n) is 4.17. The van der Waals surface area contributed by atoms with Crippen LogP contribution < -0.4 is 5.32 Å². The number of nitrogens with one attached hydrogen (secondary N) is 1. The van der Waals surface area contributed by atoms with E-state index in [1.54, 1.807) is 0 Å². The molecule has 0 saturated carbocycles. The minimum atomic E-state index is -0.102. The average molecular weight is 323 g/mol.